The molecule has 1 aromatic carbocycles. The quantitative estimate of drug-likeness (QED) is 0.338. The smallest absolute Gasteiger partial charge is 0.407 e. The highest BCUT2D eigenvalue weighted by Crippen LogP contribution is 2.32. The van der Waals surface area contributed by atoms with Gasteiger partial charge in [0.25, 0.3) is 0 Å². The van der Waals surface area contributed by atoms with E-state index < -0.39 is 5.60 Å². The molecule has 1 aromatic rings. The zero-order chi connectivity index (χ0) is 23.9. The minimum absolute atomic E-state index is 0.114. The van der Waals surface area contributed by atoms with Gasteiger partial charge in [0.1, 0.15) is 5.60 Å². The zero-order valence-electron chi connectivity index (χ0n) is 20.0. The molecule has 1 N–H and O–H groups in total. The first-order valence-electron chi connectivity index (χ1n) is 11.1. The average Bonchev–Trinajstić information content (AvgIpc) is 2.73. The number of methoxy groups -OCH3 is 1. The van der Waals surface area contributed by atoms with Crippen LogP contribution in [0.15, 0.2) is 12.1 Å². The number of alkyl carbamates (subject to hydrolysis) is 1. The van der Waals surface area contributed by atoms with Gasteiger partial charge >= 0.3 is 12.1 Å². The topological polar surface area (TPSA) is 67.9 Å². The summed E-state index contributed by atoms with van der Waals surface area (Å²) >= 11 is 3.33. The number of hydrogen-bond donors (Lipinski definition) is 1. The Bertz CT molecular complexity index is 874. The first kappa shape index (κ1) is 26.1. The molecule has 0 unspecified atom stereocenters. The summed E-state index contributed by atoms with van der Waals surface area (Å²) in [5, 5.41) is 3.57. The van der Waals surface area contributed by atoms with E-state index in [1.54, 1.807) is 6.07 Å². The summed E-state index contributed by atoms with van der Waals surface area (Å²) in [7, 11) is 1.40. The number of carbonyl (C=O) groups is 2. The van der Waals surface area contributed by atoms with Crippen LogP contribution in [0.3, 0.4) is 0 Å². The second-order valence-electron chi connectivity index (χ2n) is 9.03. The van der Waals surface area contributed by atoms with Crippen molar-refractivity contribution in [1.82, 2.24) is 5.32 Å². The Morgan fingerprint density at radius 3 is 2.41 bits per heavy atom. The van der Waals surface area contributed by atoms with Gasteiger partial charge in [0, 0.05) is 29.9 Å². The number of esters is 1. The molecular formula is C25H35BrN2O4. The van der Waals surface area contributed by atoms with Crippen LogP contribution in [0.5, 0.6) is 0 Å². The molecule has 0 bridgehead atoms. The van der Waals surface area contributed by atoms with Crippen molar-refractivity contribution in [2.75, 3.05) is 23.9 Å². The Hall–Kier alpha value is -2.20. The molecule has 0 aromatic heterocycles. The van der Waals surface area contributed by atoms with Gasteiger partial charge in [0.05, 0.1) is 18.0 Å². The Labute approximate surface area is 200 Å². The standard InChI is InChI=1S/C25H35BrN2O4/c1-7-28(20-12-10-19(11-13-20)27-24(30)32-25(3,4)5)22-16-18(9-8-14-26)15-21(17(22)2)23(29)31-6/h15-16,19-20H,7,10-14H2,1-6H3,(H,27,30)/t19-,20-. The van der Waals surface area contributed by atoms with Crippen LogP contribution >= 0.6 is 15.9 Å². The van der Waals surface area contributed by atoms with Gasteiger partial charge in [0.15, 0.2) is 0 Å². The number of alkyl halides is 1. The number of hydrogen-bond acceptors (Lipinski definition) is 5. The third kappa shape index (κ3) is 7.16. The Balaban J connectivity index is 2.20. The molecule has 6 nitrogen and oxygen atoms in total. The van der Waals surface area contributed by atoms with Gasteiger partial charge in [-0.25, -0.2) is 9.59 Å². The fourth-order valence-electron chi connectivity index (χ4n) is 4.16. The summed E-state index contributed by atoms with van der Waals surface area (Å²) in [6, 6.07) is 4.30. The lowest BCUT2D eigenvalue weighted by Gasteiger charge is -2.39. The van der Waals surface area contributed by atoms with Gasteiger partial charge in [0.2, 0.25) is 0 Å². The van der Waals surface area contributed by atoms with Crippen molar-refractivity contribution < 1.29 is 19.1 Å². The van der Waals surface area contributed by atoms with Crippen LogP contribution in [0, 0.1) is 18.8 Å². The Kier molecular flexibility index (Phi) is 9.45. The molecule has 0 radical (unpaired) electrons. The molecule has 0 aliphatic heterocycles. The predicted molar refractivity (Wildman–Crippen MR) is 132 cm³/mol. The van der Waals surface area contributed by atoms with Crippen LogP contribution < -0.4 is 10.2 Å². The molecule has 0 atom stereocenters. The second kappa shape index (κ2) is 11.6. The maximum Gasteiger partial charge on any atom is 0.407 e. The number of nitrogens with zero attached hydrogens (tertiary/aromatic N) is 1. The Morgan fingerprint density at radius 2 is 1.88 bits per heavy atom. The van der Waals surface area contributed by atoms with E-state index >= 15 is 0 Å². The van der Waals surface area contributed by atoms with Crippen molar-refractivity contribution >= 4 is 33.7 Å². The van der Waals surface area contributed by atoms with Gasteiger partial charge in [-0.05, 0) is 78.0 Å². The molecule has 2 rings (SSSR count). The third-order valence-corrected chi connectivity index (χ3v) is 5.87. The largest absolute Gasteiger partial charge is 0.465 e. The number of halogens is 1. The molecule has 1 amide bonds. The van der Waals surface area contributed by atoms with Crippen LogP contribution in [-0.4, -0.2) is 48.7 Å². The lowest BCUT2D eigenvalue weighted by molar-refractivity contribution is 0.0490. The minimum Gasteiger partial charge on any atom is -0.465 e. The fourth-order valence-corrected chi connectivity index (χ4v) is 4.30. The van der Waals surface area contributed by atoms with Crippen molar-refractivity contribution in [3.05, 3.63) is 28.8 Å². The van der Waals surface area contributed by atoms with E-state index in [1.807, 2.05) is 27.7 Å². The van der Waals surface area contributed by atoms with Gasteiger partial charge < -0.3 is 19.7 Å². The van der Waals surface area contributed by atoms with Gasteiger partial charge in [-0.3, -0.25) is 0 Å². The number of nitrogens with one attached hydrogen (secondary N) is 1. The summed E-state index contributed by atoms with van der Waals surface area (Å²) in [5.74, 6) is 5.78. The van der Waals surface area contributed by atoms with Crippen molar-refractivity contribution in [1.29, 1.82) is 0 Å². The number of rotatable bonds is 5. The molecule has 0 spiro atoms. The average molecular weight is 507 g/mol. The predicted octanol–water partition coefficient (Wildman–Crippen LogP) is 5.19. The number of benzene rings is 1. The highest BCUT2D eigenvalue weighted by molar-refractivity contribution is 9.09. The van der Waals surface area contributed by atoms with Crippen molar-refractivity contribution in [2.45, 2.75) is 78.0 Å². The summed E-state index contributed by atoms with van der Waals surface area (Å²) in [5.41, 5.74) is 2.75. The highest BCUT2D eigenvalue weighted by atomic mass is 79.9. The molecule has 1 fully saturated rings. The van der Waals surface area contributed by atoms with Gasteiger partial charge in [-0.2, -0.15) is 0 Å². The first-order valence-corrected chi connectivity index (χ1v) is 12.3. The highest BCUT2D eigenvalue weighted by Gasteiger charge is 2.29. The van der Waals surface area contributed by atoms with E-state index in [0.717, 1.165) is 49.0 Å². The third-order valence-electron chi connectivity index (χ3n) is 5.59. The van der Waals surface area contributed by atoms with Crippen molar-refractivity contribution in [3.8, 4) is 11.8 Å². The summed E-state index contributed by atoms with van der Waals surface area (Å²) in [6.45, 7) is 10.5. The normalized spacial score (nSPS) is 18.2. The maximum absolute atomic E-state index is 12.4. The molecule has 1 aliphatic carbocycles. The van der Waals surface area contributed by atoms with Crippen molar-refractivity contribution in [3.63, 3.8) is 0 Å². The molecule has 32 heavy (non-hydrogen) atoms. The molecule has 7 heteroatoms. The molecule has 0 heterocycles. The van der Waals surface area contributed by atoms with E-state index in [-0.39, 0.29) is 18.1 Å². The monoisotopic (exact) mass is 506 g/mol. The van der Waals surface area contributed by atoms with Gasteiger partial charge in [-0.1, -0.05) is 27.8 Å². The van der Waals surface area contributed by atoms with Crippen LogP contribution in [0.25, 0.3) is 0 Å². The zero-order valence-corrected chi connectivity index (χ0v) is 21.6. The maximum atomic E-state index is 12.4. The van der Waals surface area contributed by atoms with E-state index in [1.165, 1.54) is 7.11 Å². The fraction of sp³-hybridized carbons (Fsp3) is 0.600. The van der Waals surface area contributed by atoms with Crippen LogP contribution in [0.1, 0.15) is 74.9 Å². The summed E-state index contributed by atoms with van der Waals surface area (Å²) in [4.78, 5) is 26.9. The number of ether oxygens (including phenoxy) is 2. The number of anilines is 1. The van der Waals surface area contributed by atoms with E-state index in [0.29, 0.717) is 16.9 Å². The second-order valence-corrected chi connectivity index (χ2v) is 9.59. The van der Waals surface area contributed by atoms with E-state index in [9.17, 15) is 9.59 Å². The lowest BCUT2D eigenvalue weighted by atomic mass is 9.89. The summed E-state index contributed by atoms with van der Waals surface area (Å²) in [6.07, 6.45) is 3.29. The SMILES string of the molecule is CCN(c1cc(C#CCBr)cc(C(=O)OC)c1C)[C@H]1CC[C@H](NC(=O)OC(C)(C)C)CC1. The van der Waals surface area contributed by atoms with Gasteiger partial charge in [-0.15, -0.1) is 0 Å². The Morgan fingerprint density at radius 1 is 1.22 bits per heavy atom. The molecule has 1 aliphatic rings. The van der Waals surface area contributed by atoms with Crippen molar-refractivity contribution in [2.24, 2.45) is 0 Å². The van der Waals surface area contributed by atoms with Crippen LogP contribution in [-0.2, 0) is 9.47 Å². The lowest BCUT2D eigenvalue weighted by Crippen LogP contribution is -2.45. The van der Waals surface area contributed by atoms with Crippen LogP contribution in [0.4, 0.5) is 10.5 Å². The number of amides is 1. The first-order chi connectivity index (χ1) is 15.1. The molecule has 1 saturated carbocycles. The summed E-state index contributed by atoms with van der Waals surface area (Å²) < 4.78 is 10.4. The minimum atomic E-state index is -0.502. The molecule has 0 saturated heterocycles. The van der Waals surface area contributed by atoms with E-state index in [2.05, 4.69) is 51.0 Å². The molecule has 176 valence electrons. The number of carbonyl (C=O) groups excluding carboxylic acids is 2. The van der Waals surface area contributed by atoms with E-state index in [4.69, 9.17) is 9.47 Å². The molecular weight excluding hydrogens is 472 g/mol. The van der Waals surface area contributed by atoms with Crippen LogP contribution in [0.2, 0.25) is 0 Å².